The molecule has 0 aliphatic heterocycles. The van der Waals surface area contributed by atoms with Gasteiger partial charge in [-0.15, -0.1) is 0 Å². The quantitative estimate of drug-likeness (QED) is 0.189. The molecular weight excluding hydrogens is 368 g/mol. The fourth-order valence-corrected chi connectivity index (χ4v) is 1.13. The van der Waals surface area contributed by atoms with Gasteiger partial charge in [-0.1, -0.05) is 0 Å². The number of hydrogen-bond donors (Lipinski definition) is 0. The maximum absolute atomic E-state index is 11.4. The molecule has 146 valence electrons. The lowest BCUT2D eigenvalue weighted by atomic mass is 10.2. The van der Waals surface area contributed by atoms with E-state index in [9.17, 15) is 50.0 Å². The Morgan fingerprint density at radius 2 is 0.923 bits per heavy atom. The van der Waals surface area contributed by atoms with Gasteiger partial charge in [0.05, 0.1) is 26.7 Å². The second kappa shape index (κ2) is 8.58. The van der Waals surface area contributed by atoms with E-state index in [-0.39, 0.29) is 0 Å². The van der Waals surface area contributed by atoms with Gasteiger partial charge in [-0.3, -0.25) is 50.0 Å². The Labute approximate surface area is 143 Å². The number of esters is 2. The number of carbonyl (C=O) groups is 2. The van der Waals surface area contributed by atoms with E-state index in [1.54, 1.807) is 0 Å². The normalized spacial score (nSPS) is 11.3. The fraction of sp³-hybridized carbons (Fsp3) is 0.800. The molecule has 0 aliphatic carbocycles. The smallest absolute Gasteiger partial charge is 0.450 e. The fourth-order valence-electron chi connectivity index (χ4n) is 1.13. The summed E-state index contributed by atoms with van der Waals surface area (Å²) < 4.78 is 8.71. The van der Waals surface area contributed by atoms with Gasteiger partial charge in [-0.2, -0.15) is 0 Å². The van der Waals surface area contributed by atoms with Crippen molar-refractivity contribution in [1.82, 2.24) is 0 Å². The topological polar surface area (TPSA) is 225 Å². The number of rotatable bonds is 11. The first kappa shape index (κ1) is 22.5. The Kier molecular flexibility index (Phi) is 7.44. The highest BCUT2D eigenvalue weighted by Gasteiger charge is 2.53. The average Bonchev–Trinajstić information content (AvgIpc) is 2.54. The molecule has 0 radical (unpaired) electrons. The summed E-state index contributed by atoms with van der Waals surface area (Å²) in [7, 11) is 0. The zero-order valence-corrected chi connectivity index (χ0v) is 13.5. The molecule has 0 atom stereocenters. The van der Waals surface area contributed by atoms with Crippen LogP contribution in [-0.2, 0) is 19.1 Å². The van der Waals surface area contributed by atoms with E-state index >= 15 is 0 Å². The summed E-state index contributed by atoms with van der Waals surface area (Å²) in [6.45, 7) is -1.15. The van der Waals surface area contributed by atoms with Gasteiger partial charge < -0.3 is 9.47 Å². The van der Waals surface area contributed by atoms with Gasteiger partial charge in [-0.05, 0) is 0 Å². The van der Waals surface area contributed by atoms with Crippen LogP contribution in [0.3, 0.4) is 0 Å². The van der Waals surface area contributed by atoms with Gasteiger partial charge in [0.2, 0.25) is 13.2 Å². The summed E-state index contributed by atoms with van der Waals surface area (Å²) in [5.41, 5.74) is -5.54. The van der Waals surface area contributed by atoms with E-state index < -0.39 is 69.0 Å². The third-order valence-corrected chi connectivity index (χ3v) is 3.12. The molecule has 0 spiro atoms. The second-order valence-corrected chi connectivity index (χ2v) is 5.28. The van der Waals surface area contributed by atoms with Crippen LogP contribution in [0.25, 0.3) is 0 Å². The van der Waals surface area contributed by atoms with Crippen LogP contribution in [-0.4, -0.2) is 56.2 Å². The lowest BCUT2D eigenvalue weighted by Gasteiger charge is -2.13. The van der Waals surface area contributed by atoms with Crippen LogP contribution >= 0.6 is 0 Å². The van der Waals surface area contributed by atoms with Crippen LogP contribution in [0.2, 0.25) is 0 Å². The van der Waals surface area contributed by atoms with Crippen molar-refractivity contribution in [3.05, 3.63) is 40.5 Å². The first-order valence-corrected chi connectivity index (χ1v) is 6.66. The van der Waals surface area contributed by atoms with E-state index in [2.05, 4.69) is 9.47 Å². The SMILES string of the molecule is CC(COC(=O)CCC(=O)OCC(C)([N+](=O)[O-])[N+](=O)[O-])([N+](=O)[O-])[N+](=O)[O-]. The van der Waals surface area contributed by atoms with E-state index in [0.717, 1.165) is 0 Å². The molecular formula is C10H14N4O12. The molecule has 0 aliphatic rings. The van der Waals surface area contributed by atoms with Crippen molar-refractivity contribution in [1.29, 1.82) is 0 Å². The summed E-state index contributed by atoms with van der Waals surface area (Å²) in [6, 6.07) is 0. The van der Waals surface area contributed by atoms with Crippen LogP contribution < -0.4 is 0 Å². The van der Waals surface area contributed by atoms with Gasteiger partial charge in [0, 0.05) is 0 Å². The van der Waals surface area contributed by atoms with E-state index in [1.807, 2.05) is 0 Å². The summed E-state index contributed by atoms with van der Waals surface area (Å²) in [6.07, 6.45) is -1.42. The highest BCUT2D eigenvalue weighted by Crippen LogP contribution is 2.13. The minimum Gasteiger partial charge on any atom is -0.450 e. The number of nitrogens with zero attached hydrogens (tertiary/aromatic N) is 4. The lowest BCUT2D eigenvalue weighted by molar-refractivity contribution is -0.793. The Morgan fingerprint density at radius 3 is 1.12 bits per heavy atom. The Bertz CT molecular complexity index is 550. The largest absolute Gasteiger partial charge is 0.488 e. The van der Waals surface area contributed by atoms with Crippen LogP contribution in [0.4, 0.5) is 0 Å². The first-order chi connectivity index (χ1) is 11.8. The summed E-state index contributed by atoms with van der Waals surface area (Å²) in [4.78, 5) is 60.2. The van der Waals surface area contributed by atoms with Crippen molar-refractivity contribution in [3.8, 4) is 0 Å². The minimum absolute atomic E-state index is 0.616. The van der Waals surface area contributed by atoms with Gasteiger partial charge in [0.15, 0.2) is 0 Å². The monoisotopic (exact) mass is 382 g/mol. The first-order valence-electron chi connectivity index (χ1n) is 6.66. The van der Waals surface area contributed by atoms with Crippen molar-refractivity contribution in [2.24, 2.45) is 0 Å². The molecule has 0 aromatic heterocycles. The van der Waals surface area contributed by atoms with Crippen LogP contribution in [0.1, 0.15) is 26.7 Å². The molecule has 0 amide bonds. The molecule has 0 rings (SSSR count). The van der Waals surface area contributed by atoms with Crippen LogP contribution in [0.5, 0.6) is 0 Å². The maximum Gasteiger partial charge on any atom is 0.488 e. The molecule has 0 N–H and O–H groups in total. The molecule has 0 heterocycles. The predicted octanol–water partition coefficient (Wildman–Crippen LogP) is -0.608. The van der Waals surface area contributed by atoms with Crippen molar-refractivity contribution in [2.75, 3.05) is 13.2 Å². The minimum atomic E-state index is -2.77. The maximum atomic E-state index is 11.4. The van der Waals surface area contributed by atoms with Gasteiger partial charge in [-0.25, -0.2) is 0 Å². The Balaban J connectivity index is 4.50. The summed E-state index contributed by atoms with van der Waals surface area (Å²) in [5, 5.41) is 42.5. The molecule has 26 heavy (non-hydrogen) atoms. The highest BCUT2D eigenvalue weighted by molar-refractivity contribution is 5.77. The molecule has 16 heteroatoms. The number of carbonyl (C=O) groups excluding carboxylic acids is 2. The van der Waals surface area contributed by atoms with E-state index in [0.29, 0.717) is 13.8 Å². The number of hydrogen-bond acceptors (Lipinski definition) is 12. The number of nitro groups is 4. The third kappa shape index (κ3) is 5.56. The second-order valence-electron chi connectivity index (χ2n) is 5.28. The van der Waals surface area contributed by atoms with Gasteiger partial charge in [0.1, 0.15) is 19.7 Å². The molecule has 0 aromatic rings. The van der Waals surface area contributed by atoms with Crippen molar-refractivity contribution >= 4 is 11.9 Å². The van der Waals surface area contributed by atoms with Crippen LogP contribution in [0.15, 0.2) is 0 Å². The molecule has 0 saturated heterocycles. The predicted molar refractivity (Wildman–Crippen MR) is 75.9 cm³/mol. The zero-order chi connectivity index (χ0) is 20.7. The Morgan fingerprint density at radius 1 is 0.692 bits per heavy atom. The molecule has 0 fully saturated rings. The van der Waals surface area contributed by atoms with E-state index in [4.69, 9.17) is 0 Å². The highest BCUT2D eigenvalue weighted by atomic mass is 16.7. The van der Waals surface area contributed by atoms with Gasteiger partial charge in [0.25, 0.3) is 0 Å². The number of ether oxygens (including phenoxy) is 2. The van der Waals surface area contributed by atoms with E-state index in [1.165, 1.54) is 0 Å². The van der Waals surface area contributed by atoms with Crippen molar-refractivity contribution < 1.29 is 38.8 Å². The third-order valence-electron chi connectivity index (χ3n) is 3.12. The lowest BCUT2D eigenvalue weighted by Crippen LogP contribution is -2.48. The standard InChI is InChI=1S/C10H14N4O12/c1-9(11(17)18,12(19)20)5-25-7(15)3-4-8(16)26-6-10(2,13(21)22)14(23)24/h3-6H2,1-2H3. The zero-order valence-electron chi connectivity index (χ0n) is 13.5. The molecule has 0 unspecified atom stereocenters. The van der Waals surface area contributed by atoms with Gasteiger partial charge >= 0.3 is 23.3 Å². The molecule has 0 aromatic carbocycles. The Hall–Kier alpha value is -3.46. The molecule has 0 saturated carbocycles. The molecule has 0 bridgehead atoms. The average molecular weight is 382 g/mol. The summed E-state index contributed by atoms with van der Waals surface area (Å²) in [5.74, 6) is -2.41. The summed E-state index contributed by atoms with van der Waals surface area (Å²) >= 11 is 0. The van der Waals surface area contributed by atoms with Crippen molar-refractivity contribution in [3.63, 3.8) is 0 Å². The molecule has 16 nitrogen and oxygen atoms in total. The van der Waals surface area contributed by atoms with Crippen LogP contribution in [0, 0.1) is 40.5 Å². The van der Waals surface area contributed by atoms with Crippen molar-refractivity contribution in [2.45, 2.75) is 38.0 Å².